The summed E-state index contributed by atoms with van der Waals surface area (Å²) in [6, 6.07) is 9.29. The zero-order valence-electron chi connectivity index (χ0n) is 14.8. The van der Waals surface area contributed by atoms with Crippen LogP contribution in [0.1, 0.15) is 28.5 Å². The summed E-state index contributed by atoms with van der Waals surface area (Å²) in [7, 11) is 0. The van der Waals surface area contributed by atoms with Crippen molar-refractivity contribution in [2.75, 3.05) is 33.0 Å². The van der Waals surface area contributed by atoms with E-state index in [0.717, 1.165) is 23.5 Å². The molecule has 2 atom stereocenters. The summed E-state index contributed by atoms with van der Waals surface area (Å²) < 4.78 is 15.9. The molecule has 5 rings (SSSR count). The monoisotopic (exact) mass is 368 g/mol. The lowest BCUT2D eigenvalue weighted by molar-refractivity contribution is -0.134. The second kappa shape index (κ2) is 6.33. The van der Waals surface area contributed by atoms with Gasteiger partial charge in [0.1, 0.15) is 0 Å². The first-order valence-corrected chi connectivity index (χ1v) is 9.22. The topological polar surface area (TPSA) is 72.2 Å². The van der Waals surface area contributed by atoms with Crippen LogP contribution in [0.3, 0.4) is 0 Å². The van der Waals surface area contributed by atoms with Gasteiger partial charge in [-0.05, 0) is 42.2 Å². The Morgan fingerprint density at radius 2 is 1.74 bits per heavy atom. The Hall–Kier alpha value is -2.96. The fraction of sp³-hybridized carbons (Fsp3) is 0.400. The molecule has 1 aromatic heterocycles. The average Bonchev–Trinajstić information content (AvgIpc) is 3.09. The fourth-order valence-electron chi connectivity index (χ4n) is 3.90. The van der Waals surface area contributed by atoms with Gasteiger partial charge in [0.15, 0.2) is 17.3 Å². The smallest absolute Gasteiger partial charge is 0.289 e. The van der Waals surface area contributed by atoms with Gasteiger partial charge >= 0.3 is 0 Å². The zero-order chi connectivity index (χ0) is 18.4. The number of ether oxygens (including phenoxy) is 2. The standard InChI is InChI=1S/C20H20N2O5/c23-19(15-11-14(15)13-3-4-16-18(10-13)27-12-26-16)21-5-7-22(8-6-21)20(24)17-2-1-9-25-17/h1-4,9-10,14-15H,5-8,11-12H2/t14-,15-/m1/s1. The lowest BCUT2D eigenvalue weighted by atomic mass is 10.1. The van der Waals surface area contributed by atoms with Crippen LogP contribution in [0.2, 0.25) is 0 Å². The molecular weight excluding hydrogens is 348 g/mol. The molecule has 3 aliphatic rings. The van der Waals surface area contributed by atoms with Crippen molar-refractivity contribution in [3.8, 4) is 11.5 Å². The molecule has 1 saturated carbocycles. The number of hydrogen-bond acceptors (Lipinski definition) is 5. The van der Waals surface area contributed by atoms with E-state index in [2.05, 4.69) is 0 Å². The summed E-state index contributed by atoms with van der Waals surface area (Å²) in [4.78, 5) is 28.8. The van der Waals surface area contributed by atoms with Gasteiger partial charge in [0.2, 0.25) is 12.7 Å². The van der Waals surface area contributed by atoms with E-state index in [1.165, 1.54) is 6.26 Å². The fourth-order valence-corrected chi connectivity index (χ4v) is 3.90. The highest BCUT2D eigenvalue weighted by molar-refractivity contribution is 5.91. The van der Waals surface area contributed by atoms with E-state index in [9.17, 15) is 9.59 Å². The molecule has 0 radical (unpaired) electrons. The highest BCUT2D eigenvalue weighted by Gasteiger charge is 2.46. The number of rotatable bonds is 3. The normalized spacial score (nSPS) is 23.4. The van der Waals surface area contributed by atoms with E-state index in [4.69, 9.17) is 13.9 Å². The third-order valence-electron chi connectivity index (χ3n) is 5.54. The number of hydrogen-bond donors (Lipinski definition) is 0. The van der Waals surface area contributed by atoms with E-state index in [0.29, 0.717) is 31.9 Å². The second-order valence-corrected chi connectivity index (χ2v) is 7.16. The summed E-state index contributed by atoms with van der Waals surface area (Å²) in [5.74, 6) is 2.21. The molecule has 1 aromatic carbocycles. The minimum Gasteiger partial charge on any atom is -0.459 e. The molecule has 0 unspecified atom stereocenters. The van der Waals surface area contributed by atoms with Crippen molar-refractivity contribution >= 4 is 11.8 Å². The number of amides is 2. The van der Waals surface area contributed by atoms with Crippen LogP contribution in [-0.4, -0.2) is 54.6 Å². The van der Waals surface area contributed by atoms with Gasteiger partial charge in [0, 0.05) is 32.1 Å². The molecule has 140 valence electrons. The molecule has 2 amide bonds. The van der Waals surface area contributed by atoms with Gasteiger partial charge < -0.3 is 23.7 Å². The molecule has 1 aliphatic carbocycles. The molecule has 0 spiro atoms. The Balaban J connectivity index is 1.18. The van der Waals surface area contributed by atoms with E-state index in [1.807, 2.05) is 23.1 Å². The van der Waals surface area contributed by atoms with E-state index < -0.39 is 0 Å². The van der Waals surface area contributed by atoms with Gasteiger partial charge in [0.25, 0.3) is 5.91 Å². The van der Waals surface area contributed by atoms with Crippen LogP contribution in [-0.2, 0) is 4.79 Å². The lowest BCUT2D eigenvalue weighted by Gasteiger charge is -2.34. The Labute approximate surface area is 156 Å². The molecule has 3 heterocycles. The third kappa shape index (κ3) is 2.93. The third-order valence-corrected chi connectivity index (χ3v) is 5.54. The van der Waals surface area contributed by atoms with Crippen LogP contribution >= 0.6 is 0 Å². The van der Waals surface area contributed by atoms with Crippen molar-refractivity contribution in [3.05, 3.63) is 47.9 Å². The summed E-state index contributed by atoms with van der Waals surface area (Å²) in [5, 5.41) is 0. The molecule has 27 heavy (non-hydrogen) atoms. The number of furan rings is 1. The average molecular weight is 368 g/mol. The number of benzene rings is 1. The molecule has 1 saturated heterocycles. The van der Waals surface area contributed by atoms with Crippen molar-refractivity contribution < 1.29 is 23.5 Å². The maximum absolute atomic E-state index is 12.8. The molecule has 7 heteroatoms. The van der Waals surface area contributed by atoms with E-state index in [-0.39, 0.29) is 30.4 Å². The predicted octanol–water partition coefficient (Wildman–Crippen LogP) is 2.10. The number of carbonyl (C=O) groups is 2. The second-order valence-electron chi connectivity index (χ2n) is 7.16. The highest BCUT2D eigenvalue weighted by Crippen LogP contribution is 2.50. The Morgan fingerprint density at radius 3 is 2.52 bits per heavy atom. The molecule has 2 aliphatic heterocycles. The van der Waals surface area contributed by atoms with Crippen LogP contribution in [0.25, 0.3) is 0 Å². The van der Waals surface area contributed by atoms with Crippen molar-refractivity contribution in [3.63, 3.8) is 0 Å². The quantitative estimate of drug-likeness (QED) is 0.830. The number of fused-ring (bicyclic) bond motifs is 1. The van der Waals surface area contributed by atoms with Gasteiger partial charge in [-0.1, -0.05) is 6.07 Å². The molecular formula is C20H20N2O5. The van der Waals surface area contributed by atoms with Crippen molar-refractivity contribution in [2.45, 2.75) is 12.3 Å². The number of piperazine rings is 1. The largest absolute Gasteiger partial charge is 0.459 e. The Bertz CT molecular complexity index is 871. The molecule has 0 bridgehead atoms. The lowest BCUT2D eigenvalue weighted by Crippen LogP contribution is -2.51. The van der Waals surface area contributed by atoms with Gasteiger partial charge in [-0.2, -0.15) is 0 Å². The van der Waals surface area contributed by atoms with Gasteiger partial charge in [-0.15, -0.1) is 0 Å². The first-order valence-electron chi connectivity index (χ1n) is 9.22. The molecule has 2 fully saturated rings. The van der Waals surface area contributed by atoms with Crippen LogP contribution in [0.4, 0.5) is 0 Å². The molecule has 7 nitrogen and oxygen atoms in total. The highest BCUT2D eigenvalue weighted by atomic mass is 16.7. The first kappa shape index (κ1) is 16.2. The Morgan fingerprint density at radius 1 is 0.963 bits per heavy atom. The van der Waals surface area contributed by atoms with Gasteiger partial charge in [0.05, 0.1) is 6.26 Å². The van der Waals surface area contributed by atoms with Gasteiger partial charge in [-0.3, -0.25) is 9.59 Å². The van der Waals surface area contributed by atoms with Crippen molar-refractivity contribution in [1.82, 2.24) is 9.80 Å². The molecule has 2 aromatic rings. The van der Waals surface area contributed by atoms with Crippen molar-refractivity contribution in [2.24, 2.45) is 5.92 Å². The minimum absolute atomic E-state index is 0.0256. The number of nitrogens with zero attached hydrogens (tertiary/aromatic N) is 2. The summed E-state index contributed by atoms with van der Waals surface area (Å²) in [6.07, 6.45) is 2.36. The number of carbonyl (C=O) groups excluding carboxylic acids is 2. The van der Waals surface area contributed by atoms with E-state index in [1.54, 1.807) is 17.0 Å². The van der Waals surface area contributed by atoms with E-state index >= 15 is 0 Å². The first-order chi connectivity index (χ1) is 13.2. The summed E-state index contributed by atoms with van der Waals surface area (Å²) in [6.45, 7) is 2.46. The van der Waals surface area contributed by atoms with Crippen molar-refractivity contribution in [1.29, 1.82) is 0 Å². The maximum Gasteiger partial charge on any atom is 0.289 e. The van der Waals surface area contributed by atoms with Crippen LogP contribution in [0.15, 0.2) is 41.0 Å². The summed E-state index contributed by atoms with van der Waals surface area (Å²) >= 11 is 0. The molecule has 0 N–H and O–H groups in total. The predicted molar refractivity (Wildman–Crippen MR) is 94.6 cm³/mol. The van der Waals surface area contributed by atoms with Crippen LogP contribution in [0.5, 0.6) is 11.5 Å². The summed E-state index contributed by atoms with van der Waals surface area (Å²) in [5.41, 5.74) is 1.13. The van der Waals surface area contributed by atoms with Gasteiger partial charge in [-0.25, -0.2) is 0 Å². The van der Waals surface area contributed by atoms with Crippen LogP contribution in [0, 0.1) is 5.92 Å². The Kier molecular flexibility index (Phi) is 3.81. The SMILES string of the molecule is O=C(c1ccco1)N1CCN(C(=O)[C@@H]2C[C@@H]2c2ccc3c(c2)OCO3)CC1. The maximum atomic E-state index is 12.8. The minimum atomic E-state index is -0.114. The zero-order valence-corrected chi connectivity index (χ0v) is 14.8. The van der Waals surface area contributed by atoms with Crippen LogP contribution < -0.4 is 9.47 Å².